The number of piperidine rings is 1. The van der Waals surface area contributed by atoms with Crippen molar-refractivity contribution in [3.63, 3.8) is 0 Å². The van der Waals surface area contributed by atoms with E-state index in [1.54, 1.807) is 0 Å². The van der Waals surface area contributed by atoms with Gasteiger partial charge in [-0.3, -0.25) is 0 Å². The zero-order valence-electron chi connectivity index (χ0n) is 10.7. The van der Waals surface area contributed by atoms with Gasteiger partial charge in [0.25, 0.3) is 0 Å². The van der Waals surface area contributed by atoms with Crippen molar-refractivity contribution in [2.24, 2.45) is 5.92 Å². The van der Waals surface area contributed by atoms with Crippen LogP contribution in [0.3, 0.4) is 0 Å². The van der Waals surface area contributed by atoms with Crippen LogP contribution in [0.25, 0.3) is 0 Å². The van der Waals surface area contributed by atoms with Gasteiger partial charge in [-0.15, -0.1) is 0 Å². The summed E-state index contributed by atoms with van der Waals surface area (Å²) in [4.78, 5) is 0. The van der Waals surface area contributed by atoms with Crippen LogP contribution in [0.5, 0.6) is 5.75 Å². The molecule has 3 nitrogen and oxygen atoms in total. The zero-order chi connectivity index (χ0) is 13.7. The van der Waals surface area contributed by atoms with Gasteiger partial charge in [-0.1, -0.05) is 0 Å². The van der Waals surface area contributed by atoms with Gasteiger partial charge in [-0.05, 0) is 31.7 Å². The molecule has 0 spiro atoms. The summed E-state index contributed by atoms with van der Waals surface area (Å²) in [6.45, 7) is 1.51. The maximum Gasteiger partial charge on any atom is 0.129 e. The number of halogens is 2. The smallest absolute Gasteiger partial charge is 0.129 e. The maximum atomic E-state index is 12.9. The molecule has 1 aromatic carbocycles. The van der Waals surface area contributed by atoms with E-state index in [9.17, 15) is 8.78 Å². The molecule has 2 N–H and O–H groups in total. The van der Waals surface area contributed by atoms with E-state index in [1.165, 1.54) is 12.1 Å². The second-order valence-electron chi connectivity index (χ2n) is 4.97. The molecule has 0 amide bonds. The fourth-order valence-corrected chi connectivity index (χ4v) is 2.41. The number of hydrogen-bond acceptors (Lipinski definition) is 3. The number of hydrogen-bond donors (Lipinski definition) is 2. The van der Waals surface area contributed by atoms with E-state index in [0.29, 0.717) is 18.6 Å². The highest BCUT2D eigenvalue weighted by molar-refractivity contribution is 5.23. The SMILES string of the molecule is OCC1CCNC(CCOc2cc(F)cc(F)c2)C1. The van der Waals surface area contributed by atoms with Crippen LogP contribution in [-0.4, -0.2) is 30.9 Å². The van der Waals surface area contributed by atoms with Gasteiger partial charge in [-0.25, -0.2) is 8.78 Å². The molecule has 1 aliphatic rings. The summed E-state index contributed by atoms with van der Waals surface area (Å²) in [7, 11) is 0. The van der Waals surface area contributed by atoms with Crippen LogP contribution < -0.4 is 10.1 Å². The largest absolute Gasteiger partial charge is 0.493 e. The van der Waals surface area contributed by atoms with E-state index in [4.69, 9.17) is 9.84 Å². The minimum Gasteiger partial charge on any atom is -0.493 e. The number of aliphatic hydroxyl groups excluding tert-OH is 1. The first-order valence-electron chi connectivity index (χ1n) is 6.60. The zero-order valence-corrected chi connectivity index (χ0v) is 10.7. The highest BCUT2D eigenvalue weighted by atomic mass is 19.1. The molecule has 1 aliphatic heterocycles. The Morgan fingerprint density at radius 3 is 2.68 bits per heavy atom. The summed E-state index contributed by atoms with van der Waals surface area (Å²) in [5.41, 5.74) is 0. The van der Waals surface area contributed by atoms with Crippen molar-refractivity contribution in [1.82, 2.24) is 5.32 Å². The molecule has 2 atom stereocenters. The third kappa shape index (κ3) is 4.44. The maximum absolute atomic E-state index is 12.9. The summed E-state index contributed by atoms with van der Waals surface area (Å²) < 4.78 is 31.3. The van der Waals surface area contributed by atoms with Crippen LogP contribution in [0.4, 0.5) is 8.78 Å². The number of aliphatic hydroxyl groups is 1. The highest BCUT2D eigenvalue weighted by Crippen LogP contribution is 2.19. The number of benzene rings is 1. The molecular weight excluding hydrogens is 252 g/mol. The van der Waals surface area contributed by atoms with Crippen LogP contribution in [0.2, 0.25) is 0 Å². The lowest BCUT2D eigenvalue weighted by atomic mass is 9.92. The van der Waals surface area contributed by atoms with Crippen molar-refractivity contribution in [2.45, 2.75) is 25.3 Å². The van der Waals surface area contributed by atoms with E-state index in [-0.39, 0.29) is 12.4 Å². The van der Waals surface area contributed by atoms with Crippen molar-refractivity contribution in [3.05, 3.63) is 29.8 Å². The molecule has 106 valence electrons. The van der Waals surface area contributed by atoms with Gasteiger partial charge in [0.05, 0.1) is 6.61 Å². The monoisotopic (exact) mass is 271 g/mol. The summed E-state index contributed by atoms with van der Waals surface area (Å²) >= 11 is 0. The molecule has 5 heteroatoms. The predicted octanol–water partition coefficient (Wildman–Crippen LogP) is 2.09. The second kappa shape index (κ2) is 6.82. The fourth-order valence-electron chi connectivity index (χ4n) is 2.41. The molecule has 0 aliphatic carbocycles. The number of ether oxygens (including phenoxy) is 1. The minimum atomic E-state index is -0.633. The molecular formula is C14H19F2NO2. The average molecular weight is 271 g/mol. The fraction of sp³-hybridized carbons (Fsp3) is 0.571. The quantitative estimate of drug-likeness (QED) is 0.861. The van der Waals surface area contributed by atoms with Gasteiger partial charge in [0.15, 0.2) is 0 Å². The van der Waals surface area contributed by atoms with Gasteiger partial charge in [0.1, 0.15) is 17.4 Å². The third-order valence-electron chi connectivity index (χ3n) is 3.43. The molecule has 1 fully saturated rings. The van der Waals surface area contributed by atoms with E-state index in [0.717, 1.165) is 31.9 Å². The van der Waals surface area contributed by atoms with Gasteiger partial charge < -0.3 is 15.2 Å². The number of nitrogens with one attached hydrogen (secondary N) is 1. The lowest BCUT2D eigenvalue weighted by Gasteiger charge is -2.29. The Labute approximate surface area is 111 Å². The summed E-state index contributed by atoms with van der Waals surface area (Å²) in [5, 5.41) is 12.5. The lowest BCUT2D eigenvalue weighted by Crippen LogP contribution is -2.39. The molecule has 0 bridgehead atoms. The summed E-state index contributed by atoms with van der Waals surface area (Å²) in [5.74, 6) is -0.706. The predicted molar refractivity (Wildman–Crippen MR) is 68.1 cm³/mol. The van der Waals surface area contributed by atoms with Gasteiger partial charge in [0, 0.05) is 30.8 Å². The van der Waals surface area contributed by atoms with E-state index >= 15 is 0 Å². The molecule has 0 radical (unpaired) electrons. The first-order chi connectivity index (χ1) is 9.17. The Bertz CT molecular complexity index is 394. The Balaban J connectivity index is 1.76. The van der Waals surface area contributed by atoms with Crippen molar-refractivity contribution < 1.29 is 18.6 Å². The van der Waals surface area contributed by atoms with E-state index in [1.807, 2.05) is 0 Å². The molecule has 1 saturated heterocycles. The molecule has 1 aromatic rings. The topological polar surface area (TPSA) is 41.5 Å². The van der Waals surface area contributed by atoms with Crippen molar-refractivity contribution >= 4 is 0 Å². The van der Waals surface area contributed by atoms with Crippen LogP contribution in [-0.2, 0) is 0 Å². The Morgan fingerprint density at radius 1 is 1.26 bits per heavy atom. The normalized spacial score (nSPS) is 23.3. The standard InChI is InChI=1S/C14H19F2NO2/c15-11-6-12(16)8-14(7-11)19-4-2-13-5-10(9-18)1-3-17-13/h6-8,10,13,17-18H,1-5,9H2. The Morgan fingerprint density at radius 2 is 2.00 bits per heavy atom. The molecule has 2 rings (SSSR count). The second-order valence-corrected chi connectivity index (χ2v) is 4.97. The van der Waals surface area contributed by atoms with Crippen LogP contribution >= 0.6 is 0 Å². The Kier molecular flexibility index (Phi) is 5.10. The molecule has 0 saturated carbocycles. The van der Waals surface area contributed by atoms with Crippen LogP contribution in [0.1, 0.15) is 19.3 Å². The highest BCUT2D eigenvalue weighted by Gasteiger charge is 2.20. The summed E-state index contributed by atoms with van der Waals surface area (Å²) in [6.07, 6.45) is 2.66. The number of rotatable bonds is 5. The van der Waals surface area contributed by atoms with Gasteiger partial charge in [-0.2, -0.15) is 0 Å². The van der Waals surface area contributed by atoms with E-state index in [2.05, 4.69) is 5.32 Å². The molecule has 19 heavy (non-hydrogen) atoms. The van der Waals surface area contributed by atoms with Crippen molar-refractivity contribution in [3.8, 4) is 5.75 Å². The van der Waals surface area contributed by atoms with E-state index < -0.39 is 11.6 Å². The van der Waals surface area contributed by atoms with Gasteiger partial charge >= 0.3 is 0 Å². The molecule has 1 heterocycles. The first-order valence-corrected chi connectivity index (χ1v) is 6.60. The van der Waals surface area contributed by atoms with Crippen molar-refractivity contribution in [2.75, 3.05) is 19.8 Å². The van der Waals surface area contributed by atoms with Crippen LogP contribution in [0, 0.1) is 17.6 Å². The Hall–Kier alpha value is -1.20. The lowest BCUT2D eigenvalue weighted by molar-refractivity contribution is 0.164. The molecule has 2 unspecified atom stereocenters. The first kappa shape index (κ1) is 14.2. The third-order valence-corrected chi connectivity index (χ3v) is 3.43. The average Bonchev–Trinajstić information content (AvgIpc) is 2.38. The van der Waals surface area contributed by atoms with Crippen LogP contribution in [0.15, 0.2) is 18.2 Å². The summed E-state index contributed by atoms with van der Waals surface area (Å²) in [6, 6.07) is 3.47. The van der Waals surface area contributed by atoms with Gasteiger partial charge in [0.2, 0.25) is 0 Å². The minimum absolute atomic E-state index is 0.215. The molecule has 0 aromatic heterocycles. The van der Waals surface area contributed by atoms with Crippen molar-refractivity contribution in [1.29, 1.82) is 0 Å².